The van der Waals surface area contributed by atoms with Gasteiger partial charge >= 0.3 is 13.1 Å². The summed E-state index contributed by atoms with van der Waals surface area (Å²) in [4.78, 5) is 24.2. The van der Waals surface area contributed by atoms with Crippen molar-refractivity contribution in [2.45, 2.75) is 77.5 Å². The lowest BCUT2D eigenvalue weighted by Crippen LogP contribution is -2.41. The Kier molecular flexibility index (Phi) is 6.62. The largest absolute Gasteiger partial charge is 0.495 e. The molecule has 0 bridgehead atoms. The van der Waals surface area contributed by atoms with Crippen LogP contribution in [0.3, 0.4) is 0 Å². The Morgan fingerprint density at radius 3 is 2.44 bits per heavy atom. The van der Waals surface area contributed by atoms with Gasteiger partial charge in [-0.05, 0) is 65.1 Å². The molecule has 1 saturated heterocycles. The number of anilines is 3. The number of carbonyl (C=O) groups is 1. The topological polar surface area (TPSA) is 85.8 Å². The molecule has 2 aliphatic rings. The second-order valence-corrected chi connectivity index (χ2v) is 10.3. The van der Waals surface area contributed by atoms with Crippen molar-refractivity contribution in [1.82, 2.24) is 9.97 Å². The highest BCUT2D eigenvalue weighted by molar-refractivity contribution is 6.63. The maximum atomic E-state index is 12.7. The molecule has 1 aliphatic carbocycles. The summed E-state index contributed by atoms with van der Waals surface area (Å²) >= 11 is 0. The minimum Gasteiger partial charge on any atom is -0.465 e. The lowest BCUT2D eigenvalue weighted by molar-refractivity contribution is 0.00578. The fourth-order valence-corrected chi connectivity index (χ4v) is 4.54. The smallest absolute Gasteiger partial charge is 0.465 e. The Hall–Kier alpha value is -2.65. The van der Waals surface area contributed by atoms with Crippen LogP contribution in [-0.2, 0) is 14.0 Å². The number of hydrogen-bond donors (Lipinski definition) is 1. The average Bonchev–Trinajstić information content (AvgIpc) is 3.40. The van der Waals surface area contributed by atoms with Crippen molar-refractivity contribution in [1.29, 1.82) is 0 Å². The van der Waals surface area contributed by atoms with E-state index in [4.69, 9.17) is 19.0 Å². The molecule has 0 unspecified atom stereocenters. The predicted octanol–water partition coefficient (Wildman–Crippen LogP) is 3.99. The highest BCUT2D eigenvalue weighted by atomic mass is 16.7. The molecular formula is C25H35BN4O4. The van der Waals surface area contributed by atoms with Gasteiger partial charge in [-0.1, -0.05) is 18.9 Å². The van der Waals surface area contributed by atoms with E-state index in [9.17, 15) is 4.79 Å². The second kappa shape index (κ2) is 9.19. The number of nitrogens with one attached hydrogen (secondary N) is 1. The van der Waals surface area contributed by atoms with Crippen LogP contribution in [0, 0.1) is 6.92 Å². The molecule has 4 rings (SSSR count). The van der Waals surface area contributed by atoms with Crippen LogP contribution in [0.1, 0.15) is 69.3 Å². The number of carbonyl (C=O) groups excluding carboxylic acids is 1. The average molecular weight is 466 g/mol. The van der Waals surface area contributed by atoms with Crippen molar-refractivity contribution in [3.63, 3.8) is 0 Å². The van der Waals surface area contributed by atoms with E-state index in [0.717, 1.165) is 11.4 Å². The highest BCUT2D eigenvalue weighted by Gasteiger charge is 2.52. The van der Waals surface area contributed by atoms with Crippen LogP contribution in [-0.4, -0.2) is 54.5 Å². The highest BCUT2D eigenvalue weighted by Crippen LogP contribution is 2.37. The first kappa shape index (κ1) is 24.5. The van der Waals surface area contributed by atoms with Crippen LogP contribution in [0.4, 0.5) is 17.5 Å². The molecule has 0 spiro atoms. The fourth-order valence-electron chi connectivity index (χ4n) is 4.54. The molecule has 0 radical (unpaired) electrons. The Labute approximate surface area is 202 Å². The molecular weight excluding hydrogens is 431 g/mol. The van der Waals surface area contributed by atoms with Crippen LogP contribution < -0.4 is 15.7 Å². The molecule has 0 atom stereocenters. The first-order chi connectivity index (χ1) is 16.0. The maximum absolute atomic E-state index is 12.7. The van der Waals surface area contributed by atoms with Gasteiger partial charge in [-0.2, -0.15) is 4.98 Å². The third-order valence-electron chi connectivity index (χ3n) is 7.37. The Bertz CT molecular complexity index is 1050. The molecule has 34 heavy (non-hydrogen) atoms. The van der Waals surface area contributed by atoms with Gasteiger partial charge < -0.3 is 24.3 Å². The summed E-state index contributed by atoms with van der Waals surface area (Å²) in [5.74, 6) is 0.941. The second-order valence-electron chi connectivity index (χ2n) is 10.3. The summed E-state index contributed by atoms with van der Waals surface area (Å²) in [5.41, 5.74) is 1.69. The number of methoxy groups -OCH3 is 1. The van der Waals surface area contributed by atoms with Crippen molar-refractivity contribution >= 4 is 36.0 Å². The van der Waals surface area contributed by atoms with E-state index in [1.807, 2.05) is 52.9 Å². The van der Waals surface area contributed by atoms with Crippen molar-refractivity contribution in [2.75, 3.05) is 24.4 Å². The van der Waals surface area contributed by atoms with Crippen LogP contribution in [0.2, 0.25) is 0 Å². The minimum absolute atomic E-state index is 0.376. The van der Waals surface area contributed by atoms with Crippen LogP contribution in [0.25, 0.3) is 0 Å². The molecule has 0 amide bonds. The molecule has 2 aromatic rings. The van der Waals surface area contributed by atoms with Gasteiger partial charge in [0.15, 0.2) is 0 Å². The number of benzene rings is 1. The number of nitrogens with zero attached hydrogens (tertiary/aromatic N) is 3. The molecule has 1 N–H and O–H groups in total. The summed E-state index contributed by atoms with van der Waals surface area (Å²) in [7, 11) is 2.80. The molecule has 2 heterocycles. The van der Waals surface area contributed by atoms with Gasteiger partial charge in [0, 0.05) is 30.5 Å². The van der Waals surface area contributed by atoms with Crippen LogP contribution in [0.5, 0.6) is 0 Å². The minimum atomic E-state index is -0.671. The van der Waals surface area contributed by atoms with Gasteiger partial charge in [-0.15, -0.1) is 0 Å². The predicted molar refractivity (Wildman–Crippen MR) is 134 cm³/mol. The molecule has 1 aromatic carbocycles. The third-order valence-corrected chi connectivity index (χ3v) is 7.37. The van der Waals surface area contributed by atoms with Gasteiger partial charge in [0.2, 0.25) is 5.95 Å². The van der Waals surface area contributed by atoms with Gasteiger partial charge in [-0.25, -0.2) is 9.78 Å². The van der Waals surface area contributed by atoms with Crippen molar-refractivity contribution < 1.29 is 18.8 Å². The van der Waals surface area contributed by atoms with E-state index in [1.54, 1.807) is 6.07 Å². The normalized spacial score (nSPS) is 19.3. The van der Waals surface area contributed by atoms with Gasteiger partial charge in [-0.3, -0.25) is 0 Å². The molecule has 1 saturated carbocycles. The first-order valence-electron chi connectivity index (χ1n) is 11.9. The number of esters is 1. The summed E-state index contributed by atoms with van der Waals surface area (Å²) in [6.07, 6.45) is 6.72. The number of rotatable bonds is 6. The van der Waals surface area contributed by atoms with Crippen molar-refractivity contribution in [3.8, 4) is 0 Å². The Balaban J connectivity index is 1.61. The van der Waals surface area contributed by atoms with Crippen LogP contribution in [0.15, 0.2) is 24.4 Å². The molecule has 1 aromatic heterocycles. The van der Waals surface area contributed by atoms with E-state index in [0.29, 0.717) is 28.7 Å². The molecule has 2 fully saturated rings. The Morgan fingerprint density at radius 1 is 1.18 bits per heavy atom. The number of hydrogen-bond acceptors (Lipinski definition) is 8. The lowest BCUT2D eigenvalue weighted by atomic mass is 9.75. The summed E-state index contributed by atoms with van der Waals surface area (Å²) in [5, 5.41) is 3.25. The van der Waals surface area contributed by atoms with Gasteiger partial charge in [0.05, 0.1) is 23.9 Å². The first-order valence-corrected chi connectivity index (χ1v) is 11.9. The molecule has 8 nitrogen and oxygen atoms in total. The number of aromatic nitrogens is 2. The zero-order chi connectivity index (χ0) is 24.7. The monoisotopic (exact) mass is 466 g/mol. The van der Waals surface area contributed by atoms with Crippen LogP contribution >= 0.6 is 0 Å². The Morgan fingerprint density at radius 2 is 1.82 bits per heavy atom. The van der Waals surface area contributed by atoms with Gasteiger partial charge in [0.25, 0.3) is 0 Å². The summed E-state index contributed by atoms with van der Waals surface area (Å²) in [6.45, 7) is 9.95. The lowest BCUT2D eigenvalue weighted by Gasteiger charge is -2.32. The fraction of sp³-hybridized carbons (Fsp3) is 0.560. The number of aryl methyl sites for hydroxylation is 1. The van der Waals surface area contributed by atoms with Crippen molar-refractivity contribution in [3.05, 3.63) is 35.5 Å². The molecule has 182 valence electrons. The van der Waals surface area contributed by atoms with E-state index in [2.05, 4.69) is 22.2 Å². The maximum Gasteiger partial charge on any atom is 0.495 e. The molecule has 1 aliphatic heterocycles. The number of ether oxygens (including phenoxy) is 1. The molecule has 9 heteroatoms. The summed E-state index contributed by atoms with van der Waals surface area (Å²) < 4.78 is 17.4. The SMILES string of the molecule is COC(=O)c1cc(Nc2ncc(C)c(N(C)C3CCCC3)n2)ccc1B1OC(C)(C)C(C)(C)O1. The zero-order valence-electron chi connectivity index (χ0n) is 21.3. The summed E-state index contributed by atoms with van der Waals surface area (Å²) in [6, 6.07) is 5.94. The third kappa shape index (κ3) is 4.64. The quantitative estimate of drug-likeness (QED) is 0.505. The van der Waals surface area contributed by atoms with E-state index in [1.165, 1.54) is 32.8 Å². The van der Waals surface area contributed by atoms with Crippen molar-refractivity contribution in [2.24, 2.45) is 0 Å². The zero-order valence-corrected chi connectivity index (χ0v) is 21.3. The van der Waals surface area contributed by atoms with Gasteiger partial charge in [0.1, 0.15) is 5.82 Å². The van der Waals surface area contributed by atoms with E-state index < -0.39 is 24.3 Å². The standard InChI is InChI=1S/C25H35BN4O4/c1-16-15-27-23(29-21(16)30(6)18-10-8-9-11-18)28-17-12-13-20(19(14-17)22(31)32-7)26-33-24(2,3)25(4,5)34-26/h12-15,18H,8-11H2,1-7H3,(H,27,28,29). The van der Waals surface area contributed by atoms with E-state index >= 15 is 0 Å². The van der Waals surface area contributed by atoms with E-state index in [-0.39, 0.29) is 0 Å².